The molecule has 0 saturated carbocycles. The Kier molecular flexibility index (Phi) is 8.55. The first-order chi connectivity index (χ1) is 13.5. The quantitative estimate of drug-likeness (QED) is 0.674. The molecule has 6 nitrogen and oxygen atoms in total. The highest BCUT2D eigenvalue weighted by atomic mass is 32.2. The van der Waals surface area contributed by atoms with Crippen LogP contribution in [-0.4, -0.2) is 46.0 Å². The van der Waals surface area contributed by atoms with Gasteiger partial charge in [-0.15, -0.1) is 0 Å². The summed E-state index contributed by atoms with van der Waals surface area (Å²) in [5.74, 6) is -0.665. The standard InChI is InChI=1S/C21H24N2O4S/c1-16(24)28-15-14-23(13-12-17-8-4-2-5-9-17)21(27)22-19(20(25)26)18-10-6-3-7-11-18/h2-11,19H,12-15H2,1H3,(H,22,27)(H,25,26). The fourth-order valence-corrected chi connectivity index (χ4v) is 3.27. The molecule has 7 heteroatoms. The highest BCUT2D eigenvalue weighted by Gasteiger charge is 2.24. The summed E-state index contributed by atoms with van der Waals surface area (Å²) >= 11 is 1.14. The molecule has 1 atom stereocenters. The largest absolute Gasteiger partial charge is 0.479 e. The molecular weight excluding hydrogens is 376 g/mol. The molecule has 1 unspecified atom stereocenters. The van der Waals surface area contributed by atoms with E-state index < -0.39 is 18.0 Å². The summed E-state index contributed by atoms with van der Waals surface area (Å²) in [6.07, 6.45) is 0.641. The van der Waals surface area contributed by atoms with Gasteiger partial charge in [-0.2, -0.15) is 0 Å². The average molecular weight is 401 g/mol. The third-order valence-electron chi connectivity index (χ3n) is 4.11. The van der Waals surface area contributed by atoms with Crippen molar-refractivity contribution in [1.82, 2.24) is 10.2 Å². The van der Waals surface area contributed by atoms with Crippen LogP contribution in [0.3, 0.4) is 0 Å². The molecule has 2 aromatic carbocycles. The molecule has 0 aliphatic heterocycles. The van der Waals surface area contributed by atoms with E-state index in [4.69, 9.17) is 0 Å². The first kappa shape index (κ1) is 21.5. The molecule has 0 aliphatic carbocycles. The maximum Gasteiger partial charge on any atom is 0.330 e. The van der Waals surface area contributed by atoms with Crippen molar-refractivity contribution in [3.63, 3.8) is 0 Å². The van der Waals surface area contributed by atoms with Crippen LogP contribution in [0, 0.1) is 0 Å². The number of hydrogen-bond donors (Lipinski definition) is 2. The Balaban J connectivity index is 2.07. The molecule has 0 aliphatic rings. The van der Waals surface area contributed by atoms with E-state index in [0.717, 1.165) is 17.3 Å². The fraction of sp³-hybridized carbons (Fsp3) is 0.286. The van der Waals surface area contributed by atoms with Gasteiger partial charge >= 0.3 is 12.0 Å². The normalized spacial score (nSPS) is 11.5. The molecule has 0 radical (unpaired) electrons. The molecule has 0 fully saturated rings. The van der Waals surface area contributed by atoms with Crippen molar-refractivity contribution in [3.8, 4) is 0 Å². The Labute approximate surface area is 168 Å². The van der Waals surface area contributed by atoms with Crippen LogP contribution in [0.4, 0.5) is 4.79 Å². The number of nitrogens with zero attached hydrogens (tertiary/aromatic N) is 1. The van der Waals surface area contributed by atoms with Crippen LogP contribution in [-0.2, 0) is 16.0 Å². The molecule has 0 heterocycles. The third kappa shape index (κ3) is 7.08. The molecule has 2 aromatic rings. The summed E-state index contributed by atoms with van der Waals surface area (Å²) < 4.78 is 0. The number of carbonyl (C=O) groups is 3. The maximum absolute atomic E-state index is 12.8. The second-order valence-corrected chi connectivity index (χ2v) is 7.47. The first-order valence-electron chi connectivity index (χ1n) is 8.98. The number of amides is 2. The predicted molar refractivity (Wildman–Crippen MR) is 110 cm³/mol. The molecule has 0 aromatic heterocycles. The summed E-state index contributed by atoms with van der Waals surface area (Å²) in [6, 6.07) is 16.7. The number of carbonyl (C=O) groups excluding carboxylic acids is 2. The number of nitrogens with one attached hydrogen (secondary N) is 1. The van der Waals surface area contributed by atoms with Crippen molar-refractivity contribution in [3.05, 3.63) is 71.8 Å². The highest BCUT2D eigenvalue weighted by molar-refractivity contribution is 8.13. The Morgan fingerprint density at radius 3 is 2.18 bits per heavy atom. The summed E-state index contributed by atoms with van der Waals surface area (Å²) in [5.41, 5.74) is 1.59. The van der Waals surface area contributed by atoms with Crippen molar-refractivity contribution in [2.75, 3.05) is 18.8 Å². The minimum atomic E-state index is -1.13. The van der Waals surface area contributed by atoms with Gasteiger partial charge in [-0.1, -0.05) is 72.4 Å². The highest BCUT2D eigenvalue weighted by Crippen LogP contribution is 2.14. The van der Waals surface area contributed by atoms with Crippen LogP contribution in [0.25, 0.3) is 0 Å². The Bertz CT molecular complexity index is 784. The molecule has 0 bridgehead atoms. The number of hydrogen-bond acceptors (Lipinski definition) is 4. The van der Waals surface area contributed by atoms with Gasteiger partial charge in [-0.05, 0) is 17.5 Å². The summed E-state index contributed by atoms with van der Waals surface area (Å²) in [7, 11) is 0. The topological polar surface area (TPSA) is 86.7 Å². The van der Waals surface area contributed by atoms with Crippen LogP contribution in [0.15, 0.2) is 60.7 Å². The fourth-order valence-electron chi connectivity index (χ4n) is 2.67. The van der Waals surface area contributed by atoms with E-state index in [2.05, 4.69) is 5.32 Å². The summed E-state index contributed by atoms with van der Waals surface area (Å²) in [5, 5.41) is 12.1. The van der Waals surface area contributed by atoms with Gasteiger partial charge in [0.1, 0.15) is 0 Å². The lowest BCUT2D eigenvalue weighted by Gasteiger charge is -2.25. The van der Waals surface area contributed by atoms with Gasteiger partial charge in [0.05, 0.1) is 0 Å². The zero-order valence-electron chi connectivity index (χ0n) is 15.7. The van der Waals surface area contributed by atoms with E-state index in [1.54, 1.807) is 35.2 Å². The number of urea groups is 1. The zero-order valence-corrected chi connectivity index (χ0v) is 16.5. The first-order valence-corrected chi connectivity index (χ1v) is 9.96. The maximum atomic E-state index is 12.8. The Hall–Kier alpha value is -2.80. The van der Waals surface area contributed by atoms with Crippen LogP contribution in [0.1, 0.15) is 24.1 Å². The minimum Gasteiger partial charge on any atom is -0.479 e. The van der Waals surface area contributed by atoms with Gasteiger partial charge in [-0.3, -0.25) is 4.79 Å². The van der Waals surface area contributed by atoms with Crippen molar-refractivity contribution in [2.24, 2.45) is 0 Å². The lowest BCUT2D eigenvalue weighted by Crippen LogP contribution is -2.45. The van der Waals surface area contributed by atoms with Crippen LogP contribution in [0.2, 0.25) is 0 Å². The molecule has 148 valence electrons. The van der Waals surface area contributed by atoms with Gasteiger partial charge in [0.25, 0.3) is 0 Å². The van der Waals surface area contributed by atoms with Crippen LogP contribution >= 0.6 is 11.8 Å². The van der Waals surface area contributed by atoms with Crippen molar-refractivity contribution in [1.29, 1.82) is 0 Å². The SMILES string of the molecule is CC(=O)SCCN(CCc1ccccc1)C(=O)NC(C(=O)O)c1ccccc1. The molecule has 2 N–H and O–H groups in total. The van der Waals surface area contributed by atoms with E-state index in [0.29, 0.717) is 30.8 Å². The van der Waals surface area contributed by atoms with Crippen molar-refractivity contribution in [2.45, 2.75) is 19.4 Å². The van der Waals surface area contributed by atoms with Crippen LogP contribution < -0.4 is 5.32 Å². The number of benzene rings is 2. The average Bonchev–Trinajstić information content (AvgIpc) is 2.69. The molecule has 0 spiro atoms. The van der Waals surface area contributed by atoms with Gasteiger partial charge in [-0.25, -0.2) is 9.59 Å². The zero-order chi connectivity index (χ0) is 20.4. The van der Waals surface area contributed by atoms with Gasteiger partial charge in [0.2, 0.25) is 0 Å². The molecule has 2 rings (SSSR count). The lowest BCUT2D eigenvalue weighted by atomic mass is 10.1. The summed E-state index contributed by atoms with van der Waals surface area (Å²) in [4.78, 5) is 37.2. The number of carboxylic acid groups (broad SMARTS) is 1. The van der Waals surface area contributed by atoms with Crippen LogP contribution in [0.5, 0.6) is 0 Å². The second kappa shape index (κ2) is 11.1. The predicted octanol–water partition coefficient (Wildman–Crippen LogP) is 3.35. The number of carboxylic acids is 1. The van der Waals surface area contributed by atoms with Crippen molar-refractivity contribution < 1.29 is 19.5 Å². The van der Waals surface area contributed by atoms with Gasteiger partial charge < -0.3 is 15.3 Å². The lowest BCUT2D eigenvalue weighted by molar-refractivity contribution is -0.139. The minimum absolute atomic E-state index is 0.0175. The van der Waals surface area contributed by atoms with E-state index in [-0.39, 0.29) is 5.12 Å². The smallest absolute Gasteiger partial charge is 0.330 e. The van der Waals surface area contributed by atoms with Crippen molar-refractivity contribution >= 4 is 28.9 Å². The second-order valence-electron chi connectivity index (χ2n) is 6.19. The third-order valence-corrected chi connectivity index (χ3v) is 4.91. The number of rotatable bonds is 9. The number of thioether (sulfide) groups is 1. The Morgan fingerprint density at radius 2 is 1.61 bits per heavy atom. The monoisotopic (exact) mass is 400 g/mol. The van der Waals surface area contributed by atoms with E-state index >= 15 is 0 Å². The molecule has 28 heavy (non-hydrogen) atoms. The van der Waals surface area contributed by atoms with Gasteiger partial charge in [0.15, 0.2) is 11.2 Å². The van der Waals surface area contributed by atoms with Gasteiger partial charge in [0, 0.05) is 25.8 Å². The number of aliphatic carboxylic acids is 1. The van der Waals surface area contributed by atoms with E-state index in [1.165, 1.54) is 6.92 Å². The molecule has 0 saturated heterocycles. The molecule has 2 amide bonds. The Morgan fingerprint density at radius 1 is 1.00 bits per heavy atom. The van der Waals surface area contributed by atoms with E-state index in [1.807, 2.05) is 30.3 Å². The van der Waals surface area contributed by atoms with E-state index in [9.17, 15) is 19.5 Å². The summed E-state index contributed by atoms with van der Waals surface area (Å²) in [6.45, 7) is 2.26. The molecular formula is C21H24N2O4S.